The van der Waals surface area contributed by atoms with Gasteiger partial charge in [0.25, 0.3) is 0 Å². The Kier molecular flexibility index (Phi) is 5.39. The van der Waals surface area contributed by atoms with Crippen LogP contribution in [0, 0.1) is 0 Å². The van der Waals surface area contributed by atoms with Crippen LogP contribution in [-0.4, -0.2) is 28.8 Å². The van der Waals surface area contributed by atoms with E-state index >= 15 is 0 Å². The SMILES string of the molecule is CC1CNCc2cc(C(F)(F)F)cnc21.O=C(O)C(F)(F)F. The van der Waals surface area contributed by atoms with Crippen LogP contribution in [-0.2, 0) is 17.5 Å². The Labute approximate surface area is 121 Å². The van der Waals surface area contributed by atoms with E-state index in [1.54, 1.807) is 0 Å². The molecule has 0 saturated heterocycles. The molecule has 1 unspecified atom stereocenters. The molecule has 2 heterocycles. The predicted molar refractivity (Wildman–Crippen MR) is 63.1 cm³/mol. The molecular weight excluding hydrogens is 318 g/mol. The van der Waals surface area contributed by atoms with Crippen LogP contribution in [0.2, 0.25) is 0 Å². The van der Waals surface area contributed by atoms with Gasteiger partial charge in [-0.2, -0.15) is 26.3 Å². The van der Waals surface area contributed by atoms with Crippen molar-refractivity contribution >= 4 is 5.97 Å². The van der Waals surface area contributed by atoms with Gasteiger partial charge in [0, 0.05) is 30.9 Å². The van der Waals surface area contributed by atoms with E-state index in [1.165, 1.54) is 6.07 Å². The van der Waals surface area contributed by atoms with Crippen molar-refractivity contribution in [3.05, 3.63) is 29.1 Å². The fourth-order valence-corrected chi connectivity index (χ4v) is 1.78. The van der Waals surface area contributed by atoms with Crippen LogP contribution in [0.5, 0.6) is 0 Å². The van der Waals surface area contributed by atoms with E-state index in [1.807, 2.05) is 6.92 Å². The van der Waals surface area contributed by atoms with Crippen molar-refractivity contribution in [2.45, 2.75) is 31.7 Å². The summed E-state index contributed by atoms with van der Waals surface area (Å²) in [4.78, 5) is 12.8. The van der Waals surface area contributed by atoms with Crippen molar-refractivity contribution in [1.29, 1.82) is 0 Å². The van der Waals surface area contributed by atoms with Crippen LogP contribution in [0.1, 0.15) is 29.7 Å². The van der Waals surface area contributed by atoms with E-state index in [0.717, 1.165) is 18.4 Å². The zero-order valence-electron chi connectivity index (χ0n) is 11.2. The topological polar surface area (TPSA) is 62.2 Å². The van der Waals surface area contributed by atoms with Crippen LogP contribution in [0.3, 0.4) is 0 Å². The number of nitrogens with one attached hydrogen (secondary N) is 1. The maximum atomic E-state index is 12.4. The molecule has 1 aliphatic heterocycles. The number of halogens is 6. The van der Waals surface area contributed by atoms with Gasteiger partial charge in [-0.15, -0.1) is 0 Å². The maximum absolute atomic E-state index is 12.4. The highest BCUT2D eigenvalue weighted by Crippen LogP contribution is 2.31. The first-order valence-corrected chi connectivity index (χ1v) is 5.99. The molecule has 0 aromatic carbocycles. The van der Waals surface area contributed by atoms with Gasteiger partial charge < -0.3 is 10.4 Å². The molecule has 2 rings (SSSR count). The summed E-state index contributed by atoms with van der Waals surface area (Å²) in [6.07, 6.45) is -8.47. The summed E-state index contributed by atoms with van der Waals surface area (Å²) in [5.41, 5.74) is 0.766. The first kappa shape index (κ1) is 18.2. The lowest BCUT2D eigenvalue weighted by Gasteiger charge is -2.23. The molecule has 1 aromatic rings. The predicted octanol–water partition coefficient (Wildman–Crippen LogP) is 2.94. The van der Waals surface area contributed by atoms with Crippen LogP contribution in [0.15, 0.2) is 12.3 Å². The zero-order valence-corrected chi connectivity index (χ0v) is 11.2. The smallest absolute Gasteiger partial charge is 0.475 e. The van der Waals surface area contributed by atoms with Gasteiger partial charge in [0.2, 0.25) is 0 Å². The molecule has 1 aliphatic rings. The van der Waals surface area contributed by atoms with Gasteiger partial charge in [0.1, 0.15) is 0 Å². The first-order valence-electron chi connectivity index (χ1n) is 5.99. The quantitative estimate of drug-likeness (QED) is 0.718. The Morgan fingerprint density at radius 1 is 1.32 bits per heavy atom. The standard InChI is InChI=1S/C10H11F3N2.C2HF3O2/c1-6-3-14-4-7-2-8(10(11,12)13)5-15-9(6)7;3-2(4,5)1(6)7/h2,5-6,14H,3-4H2,1H3;(H,6,7). The van der Waals surface area contributed by atoms with E-state index in [9.17, 15) is 26.3 Å². The minimum Gasteiger partial charge on any atom is -0.475 e. The minimum atomic E-state index is -5.08. The number of nitrogens with zero attached hydrogens (tertiary/aromatic N) is 1. The molecule has 0 spiro atoms. The van der Waals surface area contributed by atoms with Gasteiger partial charge in [0.05, 0.1) is 5.56 Å². The minimum absolute atomic E-state index is 0.177. The molecule has 0 amide bonds. The number of carbonyl (C=O) groups is 1. The van der Waals surface area contributed by atoms with E-state index in [-0.39, 0.29) is 5.92 Å². The first-order chi connectivity index (χ1) is 9.93. The average molecular weight is 330 g/mol. The second-order valence-electron chi connectivity index (χ2n) is 4.60. The number of carboxylic acids is 1. The van der Waals surface area contributed by atoms with Crippen molar-refractivity contribution in [1.82, 2.24) is 10.3 Å². The number of hydrogen-bond donors (Lipinski definition) is 2. The van der Waals surface area contributed by atoms with Gasteiger partial charge >= 0.3 is 18.3 Å². The summed E-state index contributed by atoms with van der Waals surface area (Å²) in [5.74, 6) is -2.58. The highest BCUT2D eigenvalue weighted by Gasteiger charge is 2.38. The van der Waals surface area contributed by atoms with Crippen molar-refractivity contribution in [3.8, 4) is 0 Å². The molecule has 2 N–H and O–H groups in total. The van der Waals surface area contributed by atoms with Gasteiger partial charge in [-0.25, -0.2) is 4.79 Å². The molecule has 0 radical (unpaired) electrons. The van der Waals surface area contributed by atoms with Crippen molar-refractivity contribution < 1.29 is 36.2 Å². The number of alkyl halides is 6. The summed E-state index contributed by atoms with van der Waals surface area (Å²) in [5, 5.41) is 10.2. The molecule has 4 nitrogen and oxygen atoms in total. The van der Waals surface area contributed by atoms with Crippen molar-refractivity contribution in [3.63, 3.8) is 0 Å². The van der Waals surface area contributed by atoms with Gasteiger partial charge in [0.15, 0.2) is 0 Å². The second kappa shape index (κ2) is 6.51. The monoisotopic (exact) mass is 330 g/mol. The van der Waals surface area contributed by atoms with E-state index in [2.05, 4.69) is 10.3 Å². The van der Waals surface area contributed by atoms with Crippen LogP contribution < -0.4 is 5.32 Å². The van der Waals surface area contributed by atoms with E-state index in [4.69, 9.17) is 9.90 Å². The normalized spacial score (nSPS) is 18.0. The summed E-state index contributed by atoms with van der Waals surface area (Å²) in [6, 6.07) is 1.19. The molecule has 0 saturated carbocycles. The second-order valence-corrected chi connectivity index (χ2v) is 4.60. The number of fused-ring (bicyclic) bond motifs is 1. The summed E-state index contributed by atoms with van der Waals surface area (Å²) < 4.78 is 68.9. The fourth-order valence-electron chi connectivity index (χ4n) is 1.78. The lowest BCUT2D eigenvalue weighted by molar-refractivity contribution is -0.192. The highest BCUT2D eigenvalue weighted by atomic mass is 19.4. The van der Waals surface area contributed by atoms with Crippen LogP contribution in [0.4, 0.5) is 26.3 Å². The summed E-state index contributed by atoms with van der Waals surface area (Å²) in [6.45, 7) is 3.19. The Balaban J connectivity index is 0.000000295. The molecule has 0 aliphatic carbocycles. The lowest BCUT2D eigenvalue weighted by atomic mass is 9.97. The number of aliphatic carboxylic acids is 1. The zero-order chi connectivity index (χ0) is 17.1. The molecule has 1 aromatic heterocycles. The Hall–Kier alpha value is -1.84. The van der Waals surface area contributed by atoms with Gasteiger partial charge in [-0.1, -0.05) is 6.92 Å². The third kappa shape index (κ3) is 4.86. The molecular formula is C12H12F6N2O2. The number of aromatic nitrogens is 1. The third-order valence-electron chi connectivity index (χ3n) is 2.80. The molecule has 0 bridgehead atoms. The Morgan fingerprint density at radius 3 is 2.32 bits per heavy atom. The van der Waals surface area contributed by atoms with Gasteiger partial charge in [-0.05, 0) is 11.6 Å². The number of pyridine rings is 1. The number of hydrogen-bond acceptors (Lipinski definition) is 3. The van der Waals surface area contributed by atoms with Crippen LogP contribution in [0.25, 0.3) is 0 Å². The Morgan fingerprint density at radius 2 is 1.86 bits per heavy atom. The van der Waals surface area contributed by atoms with Crippen molar-refractivity contribution in [2.24, 2.45) is 0 Å². The third-order valence-corrected chi connectivity index (χ3v) is 2.80. The largest absolute Gasteiger partial charge is 0.490 e. The number of rotatable bonds is 0. The molecule has 10 heteroatoms. The van der Waals surface area contributed by atoms with Crippen LogP contribution >= 0.6 is 0 Å². The van der Waals surface area contributed by atoms with E-state index in [0.29, 0.717) is 12.1 Å². The number of carboxylic acid groups (broad SMARTS) is 1. The van der Waals surface area contributed by atoms with Crippen molar-refractivity contribution in [2.75, 3.05) is 6.54 Å². The average Bonchev–Trinajstić information content (AvgIpc) is 2.37. The molecule has 22 heavy (non-hydrogen) atoms. The highest BCUT2D eigenvalue weighted by molar-refractivity contribution is 5.73. The fraction of sp³-hybridized carbons (Fsp3) is 0.500. The summed E-state index contributed by atoms with van der Waals surface area (Å²) in [7, 11) is 0. The molecule has 1 atom stereocenters. The molecule has 0 fully saturated rings. The van der Waals surface area contributed by atoms with Gasteiger partial charge in [-0.3, -0.25) is 4.98 Å². The lowest BCUT2D eigenvalue weighted by Crippen LogP contribution is -2.28. The van der Waals surface area contributed by atoms with E-state index < -0.39 is 23.9 Å². The molecule has 124 valence electrons. The Bertz CT molecular complexity index is 541. The summed E-state index contributed by atoms with van der Waals surface area (Å²) >= 11 is 0. The maximum Gasteiger partial charge on any atom is 0.490 e.